The fourth-order valence-electron chi connectivity index (χ4n) is 1.20. The molecule has 0 aliphatic carbocycles. The van der Waals surface area contributed by atoms with E-state index in [0.717, 1.165) is 11.3 Å². The first-order chi connectivity index (χ1) is 6.67. The fraction of sp³-hybridized carbons (Fsp3) is 0.500. The highest BCUT2D eigenvalue weighted by Gasteiger charge is 2.02. The average Bonchev–Trinajstić information content (AvgIpc) is 2.47. The summed E-state index contributed by atoms with van der Waals surface area (Å²) in [5.74, 6) is 5.79. The molecule has 0 saturated heterocycles. The zero-order valence-corrected chi connectivity index (χ0v) is 8.70. The molecule has 0 amide bonds. The standard InChI is InChI=1S/C8H16N6/c1-6-7(5-14(3)13-6)4-11-8(10-2)12-9/h5H,4,9H2,1-3H3,(H2,10,11,12). The first-order valence-electron chi connectivity index (χ1n) is 4.33. The first kappa shape index (κ1) is 10.5. The maximum Gasteiger partial charge on any atom is 0.205 e. The third-order valence-electron chi connectivity index (χ3n) is 1.92. The highest BCUT2D eigenvalue weighted by atomic mass is 15.3. The zero-order chi connectivity index (χ0) is 10.6. The number of guanidine groups is 1. The normalized spacial score (nSPS) is 11.6. The number of hydrazine groups is 1. The van der Waals surface area contributed by atoms with Crippen LogP contribution in [0.4, 0.5) is 0 Å². The molecule has 0 bridgehead atoms. The van der Waals surface area contributed by atoms with Crippen molar-refractivity contribution in [3.63, 3.8) is 0 Å². The summed E-state index contributed by atoms with van der Waals surface area (Å²) in [6, 6.07) is 0. The molecule has 1 aromatic heterocycles. The summed E-state index contributed by atoms with van der Waals surface area (Å²) in [7, 11) is 3.56. The highest BCUT2D eigenvalue weighted by molar-refractivity contribution is 5.78. The lowest BCUT2D eigenvalue weighted by molar-refractivity contribution is 0.756. The molecule has 0 unspecified atom stereocenters. The van der Waals surface area contributed by atoms with Crippen LogP contribution in [0.5, 0.6) is 0 Å². The molecule has 6 nitrogen and oxygen atoms in total. The van der Waals surface area contributed by atoms with Crippen LogP contribution < -0.4 is 16.6 Å². The Morgan fingerprint density at radius 3 is 2.86 bits per heavy atom. The quantitative estimate of drug-likeness (QED) is 0.252. The van der Waals surface area contributed by atoms with Crippen LogP contribution >= 0.6 is 0 Å². The van der Waals surface area contributed by atoms with Crippen LogP contribution in [0.3, 0.4) is 0 Å². The summed E-state index contributed by atoms with van der Waals surface area (Å²) < 4.78 is 1.78. The van der Waals surface area contributed by atoms with Gasteiger partial charge in [-0.25, -0.2) is 5.84 Å². The Morgan fingerprint density at radius 2 is 2.43 bits per heavy atom. The van der Waals surface area contributed by atoms with Crippen molar-refractivity contribution >= 4 is 5.96 Å². The van der Waals surface area contributed by atoms with E-state index < -0.39 is 0 Å². The number of aliphatic imine (C=N–C) groups is 1. The van der Waals surface area contributed by atoms with E-state index in [4.69, 9.17) is 5.84 Å². The Kier molecular flexibility index (Phi) is 3.47. The van der Waals surface area contributed by atoms with Gasteiger partial charge in [0.2, 0.25) is 5.96 Å². The van der Waals surface area contributed by atoms with Gasteiger partial charge in [0.05, 0.1) is 5.69 Å². The van der Waals surface area contributed by atoms with E-state index in [1.54, 1.807) is 11.7 Å². The Hall–Kier alpha value is -1.56. The second kappa shape index (κ2) is 4.61. The number of hydrogen-bond acceptors (Lipinski definition) is 3. The van der Waals surface area contributed by atoms with Gasteiger partial charge in [0.1, 0.15) is 0 Å². The molecule has 0 aliphatic heterocycles. The molecule has 0 fully saturated rings. The van der Waals surface area contributed by atoms with Gasteiger partial charge in [0.15, 0.2) is 0 Å². The Morgan fingerprint density at radius 1 is 1.71 bits per heavy atom. The van der Waals surface area contributed by atoms with Gasteiger partial charge in [0, 0.05) is 32.4 Å². The summed E-state index contributed by atoms with van der Waals surface area (Å²) in [5.41, 5.74) is 4.60. The predicted molar refractivity (Wildman–Crippen MR) is 55.5 cm³/mol. The summed E-state index contributed by atoms with van der Waals surface area (Å²) >= 11 is 0. The van der Waals surface area contributed by atoms with E-state index in [2.05, 4.69) is 20.8 Å². The van der Waals surface area contributed by atoms with Crippen molar-refractivity contribution in [1.29, 1.82) is 0 Å². The summed E-state index contributed by atoms with van der Waals surface area (Å²) in [5, 5.41) is 7.28. The second-order valence-corrected chi connectivity index (χ2v) is 2.98. The van der Waals surface area contributed by atoms with Crippen LogP contribution in [0.15, 0.2) is 11.2 Å². The van der Waals surface area contributed by atoms with E-state index >= 15 is 0 Å². The molecule has 0 spiro atoms. The zero-order valence-electron chi connectivity index (χ0n) is 8.70. The third-order valence-corrected chi connectivity index (χ3v) is 1.92. The average molecular weight is 196 g/mol. The van der Waals surface area contributed by atoms with Crippen LogP contribution in [0.25, 0.3) is 0 Å². The van der Waals surface area contributed by atoms with Crippen molar-refractivity contribution in [2.75, 3.05) is 7.05 Å². The van der Waals surface area contributed by atoms with Crippen molar-refractivity contribution in [2.45, 2.75) is 13.5 Å². The molecule has 4 N–H and O–H groups in total. The van der Waals surface area contributed by atoms with Gasteiger partial charge in [-0.3, -0.25) is 15.1 Å². The van der Waals surface area contributed by atoms with Crippen LogP contribution in [0.1, 0.15) is 11.3 Å². The molecule has 1 rings (SSSR count). The molecule has 78 valence electrons. The number of nitrogens with two attached hydrogens (primary N) is 1. The lowest BCUT2D eigenvalue weighted by atomic mass is 10.3. The van der Waals surface area contributed by atoms with Crippen LogP contribution in [-0.2, 0) is 13.6 Å². The van der Waals surface area contributed by atoms with Gasteiger partial charge in [-0.1, -0.05) is 0 Å². The lowest BCUT2D eigenvalue weighted by Gasteiger charge is -2.06. The van der Waals surface area contributed by atoms with Gasteiger partial charge >= 0.3 is 0 Å². The molecule has 0 aliphatic rings. The topological polar surface area (TPSA) is 80.3 Å². The molecular weight excluding hydrogens is 180 g/mol. The van der Waals surface area contributed by atoms with Gasteiger partial charge in [-0.05, 0) is 6.92 Å². The number of aromatic nitrogens is 2. The minimum absolute atomic E-state index is 0.563. The van der Waals surface area contributed by atoms with E-state index in [-0.39, 0.29) is 0 Å². The molecule has 6 heteroatoms. The molecular formula is C8H16N6. The van der Waals surface area contributed by atoms with Crippen molar-refractivity contribution in [1.82, 2.24) is 20.5 Å². The van der Waals surface area contributed by atoms with E-state index in [0.29, 0.717) is 12.5 Å². The van der Waals surface area contributed by atoms with Crippen molar-refractivity contribution < 1.29 is 0 Å². The van der Waals surface area contributed by atoms with Gasteiger partial charge in [-0.15, -0.1) is 0 Å². The largest absolute Gasteiger partial charge is 0.351 e. The number of hydrogen-bond donors (Lipinski definition) is 3. The van der Waals surface area contributed by atoms with Crippen LogP contribution in [-0.4, -0.2) is 22.8 Å². The van der Waals surface area contributed by atoms with Gasteiger partial charge < -0.3 is 5.32 Å². The summed E-state index contributed by atoms with van der Waals surface area (Å²) in [6.07, 6.45) is 1.96. The van der Waals surface area contributed by atoms with Gasteiger partial charge in [-0.2, -0.15) is 5.10 Å². The van der Waals surface area contributed by atoms with Crippen LogP contribution in [0, 0.1) is 6.92 Å². The molecule has 0 radical (unpaired) electrons. The molecule has 0 aromatic carbocycles. The van der Waals surface area contributed by atoms with Crippen molar-refractivity contribution in [3.05, 3.63) is 17.5 Å². The van der Waals surface area contributed by atoms with Crippen LogP contribution in [0.2, 0.25) is 0 Å². The predicted octanol–water partition coefficient (Wildman–Crippen LogP) is -0.733. The molecule has 0 atom stereocenters. The van der Waals surface area contributed by atoms with Crippen molar-refractivity contribution in [2.24, 2.45) is 17.9 Å². The molecule has 0 saturated carbocycles. The fourth-order valence-corrected chi connectivity index (χ4v) is 1.20. The number of aryl methyl sites for hydroxylation is 2. The van der Waals surface area contributed by atoms with Crippen molar-refractivity contribution in [3.8, 4) is 0 Å². The minimum atomic E-state index is 0.563. The molecule has 1 heterocycles. The van der Waals surface area contributed by atoms with Gasteiger partial charge in [0.25, 0.3) is 0 Å². The second-order valence-electron chi connectivity index (χ2n) is 2.98. The Bertz CT molecular complexity index is 327. The third kappa shape index (κ3) is 2.46. The minimum Gasteiger partial charge on any atom is -0.351 e. The summed E-state index contributed by atoms with van der Waals surface area (Å²) in [4.78, 5) is 3.90. The molecule has 1 aromatic rings. The first-order valence-corrected chi connectivity index (χ1v) is 4.33. The van der Waals surface area contributed by atoms with E-state index in [1.807, 2.05) is 20.2 Å². The highest BCUT2D eigenvalue weighted by Crippen LogP contribution is 2.03. The smallest absolute Gasteiger partial charge is 0.205 e. The maximum absolute atomic E-state index is 5.23. The SMILES string of the molecule is CN=C(NN)NCc1cn(C)nc1C. The molecule has 14 heavy (non-hydrogen) atoms. The number of nitrogens with zero attached hydrogens (tertiary/aromatic N) is 3. The number of rotatable bonds is 2. The number of nitrogens with one attached hydrogen (secondary N) is 2. The Balaban J connectivity index is 2.57. The van der Waals surface area contributed by atoms with E-state index in [1.165, 1.54) is 0 Å². The maximum atomic E-state index is 5.23. The Labute approximate surface area is 83.2 Å². The summed E-state index contributed by atoms with van der Waals surface area (Å²) in [6.45, 7) is 2.63. The monoisotopic (exact) mass is 196 g/mol. The van der Waals surface area contributed by atoms with E-state index in [9.17, 15) is 0 Å². The lowest BCUT2D eigenvalue weighted by Crippen LogP contribution is -2.41.